The largest absolute Gasteiger partial charge is 0.350 e. The maximum Gasteiger partial charge on any atom is 0.273 e. The van der Waals surface area contributed by atoms with Crippen LogP contribution in [-0.2, 0) is 5.41 Å². The molecule has 0 radical (unpaired) electrons. The maximum atomic E-state index is 13.5. The van der Waals surface area contributed by atoms with Gasteiger partial charge in [0.1, 0.15) is 5.82 Å². The molecule has 1 aliphatic heterocycles. The molecular weight excluding hydrogens is 369 g/mol. The average molecular weight is 394 g/mol. The summed E-state index contributed by atoms with van der Waals surface area (Å²) in [4.78, 5) is 12.6. The summed E-state index contributed by atoms with van der Waals surface area (Å²) in [6.45, 7) is 4.31. The molecule has 6 nitrogen and oxygen atoms in total. The molecule has 2 N–H and O–H groups in total. The van der Waals surface area contributed by atoms with Gasteiger partial charge >= 0.3 is 0 Å². The van der Waals surface area contributed by atoms with Gasteiger partial charge in [-0.05, 0) is 63.4 Å². The molecule has 1 amide bonds. The minimum Gasteiger partial charge on any atom is -0.350 e. The van der Waals surface area contributed by atoms with Gasteiger partial charge in [0.05, 0.1) is 11.7 Å². The van der Waals surface area contributed by atoms with Crippen molar-refractivity contribution in [3.8, 4) is 0 Å². The number of benzene rings is 1. The molecule has 1 aromatic carbocycles. The number of carbonyl (C=O) groups is 1. The van der Waals surface area contributed by atoms with E-state index in [1.54, 1.807) is 12.1 Å². The van der Waals surface area contributed by atoms with Crippen molar-refractivity contribution in [3.63, 3.8) is 0 Å². The first-order chi connectivity index (χ1) is 12.6. The van der Waals surface area contributed by atoms with Crippen LogP contribution < -0.4 is 10.6 Å². The van der Waals surface area contributed by atoms with Crippen molar-refractivity contribution in [3.05, 3.63) is 47.0 Å². The summed E-state index contributed by atoms with van der Waals surface area (Å²) in [7, 11) is 0. The molecule has 2 fully saturated rings. The molecular formula is C19H25ClFN5O. The van der Waals surface area contributed by atoms with Crippen LogP contribution in [0.4, 0.5) is 4.39 Å². The van der Waals surface area contributed by atoms with E-state index in [1.165, 1.54) is 6.07 Å². The van der Waals surface area contributed by atoms with E-state index >= 15 is 0 Å². The van der Waals surface area contributed by atoms with Gasteiger partial charge < -0.3 is 10.6 Å². The van der Waals surface area contributed by atoms with Crippen molar-refractivity contribution in [2.75, 3.05) is 19.6 Å². The van der Waals surface area contributed by atoms with E-state index in [0.29, 0.717) is 18.3 Å². The number of nitrogens with zero attached hydrogens (tertiary/aromatic N) is 3. The zero-order chi connectivity index (χ0) is 18.1. The first-order valence-electron chi connectivity index (χ1n) is 9.26. The second-order valence-electron chi connectivity index (χ2n) is 7.42. The van der Waals surface area contributed by atoms with Crippen molar-refractivity contribution in [1.29, 1.82) is 0 Å². The summed E-state index contributed by atoms with van der Waals surface area (Å²) in [5, 5.41) is 14.7. The third-order valence-corrected chi connectivity index (χ3v) is 5.67. The quantitative estimate of drug-likeness (QED) is 0.818. The standard InChI is InChI=1S/C19H24FN5O.ClH/c1-13-17(23-24-25(13)16-5-9-21-10-6-16)18(26)22-12-19(7-8-19)14-3-2-4-15(20)11-14;/h2-4,11,16,21H,5-10,12H2,1H3,(H,22,26);1H. The molecule has 0 atom stereocenters. The molecule has 2 heterocycles. The van der Waals surface area contributed by atoms with Crippen LogP contribution >= 0.6 is 12.4 Å². The Bertz CT molecular complexity index is 814. The Hall–Kier alpha value is -1.99. The lowest BCUT2D eigenvalue weighted by molar-refractivity contribution is 0.0944. The Balaban J connectivity index is 0.00000210. The Labute approximate surface area is 164 Å². The maximum absolute atomic E-state index is 13.5. The predicted octanol–water partition coefficient (Wildman–Crippen LogP) is 2.53. The predicted molar refractivity (Wildman–Crippen MR) is 103 cm³/mol. The molecule has 1 saturated carbocycles. The summed E-state index contributed by atoms with van der Waals surface area (Å²) in [6, 6.07) is 6.97. The number of rotatable bonds is 5. The van der Waals surface area contributed by atoms with Gasteiger partial charge in [-0.15, -0.1) is 17.5 Å². The molecule has 8 heteroatoms. The Kier molecular flexibility index (Phi) is 5.81. The SMILES string of the molecule is Cc1c(C(=O)NCC2(c3cccc(F)c3)CC2)nnn1C1CCNCC1.Cl. The lowest BCUT2D eigenvalue weighted by atomic mass is 9.96. The van der Waals surface area contributed by atoms with Gasteiger partial charge in [-0.2, -0.15) is 0 Å². The molecule has 1 saturated heterocycles. The number of nitrogens with one attached hydrogen (secondary N) is 2. The van der Waals surface area contributed by atoms with Crippen molar-refractivity contribution < 1.29 is 9.18 Å². The molecule has 2 aromatic rings. The highest BCUT2D eigenvalue weighted by Crippen LogP contribution is 2.47. The van der Waals surface area contributed by atoms with Gasteiger partial charge in [0.2, 0.25) is 0 Å². The lowest BCUT2D eigenvalue weighted by Gasteiger charge is -2.23. The smallest absolute Gasteiger partial charge is 0.273 e. The molecule has 0 bridgehead atoms. The first-order valence-corrected chi connectivity index (χ1v) is 9.26. The van der Waals surface area contributed by atoms with Crippen molar-refractivity contribution in [1.82, 2.24) is 25.6 Å². The monoisotopic (exact) mass is 393 g/mol. The molecule has 27 heavy (non-hydrogen) atoms. The molecule has 0 unspecified atom stereocenters. The third kappa shape index (κ3) is 3.99. The van der Waals surface area contributed by atoms with E-state index in [4.69, 9.17) is 0 Å². The fourth-order valence-electron chi connectivity index (χ4n) is 3.82. The van der Waals surface area contributed by atoms with Crippen LogP contribution in [0.1, 0.15) is 53.5 Å². The van der Waals surface area contributed by atoms with Crippen LogP contribution in [0.25, 0.3) is 0 Å². The van der Waals surface area contributed by atoms with E-state index in [1.807, 2.05) is 17.7 Å². The van der Waals surface area contributed by atoms with E-state index in [0.717, 1.165) is 50.0 Å². The van der Waals surface area contributed by atoms with Crippen LogP contribution in [0, 0.1) is 12.7 Å². The normalized spacial score (nSPS) is 18.6. The Morgan fingerprint density at radius 1 is 1.37 bits per heavy atom. The molecule has 1 aliphatic carbocycles. The molecule has 146 valence electrons. The second-order valence-corrected chi connectivity index (χ2v) is 7.42. The third-order valence-electron chi connectivity index (χ3n) is 5.67. The van der Waals surface area contributed by atoms with Gasteiger partial charge in [0.25, 0.3) is 5.91 Å². The minimum atomic E-state index is -0.235. The highest BCUT2D eigenvalue weighted by Gasteiger charge is 2.44. The van der Waals surface area contributed by atoms with Gasteiger partial charge in [0, 0.05) is 12.0 Å². The zero-order valence-corrected chi connectivity index (χ0v) is 16.2. The molecule has 1 aromatic heterocycles. The van der Waals surface area contributed by atoms with Crippen LogP contribution in [0.3, 0.4) is 0 Å². The van der Waals surface area contributed by atoms with Crippen molar-refractivity contribution >= 4 is 18.3 Å². The summed E-state index contributed by atoms with van der Waals surface area (Å²) in [5.74, 6) is -0.439. The molecule has 0 spiro atoms. The van der Waals surface area contributed by atoms with Crippen LogP contribution in [0.2, 0.25) is 0 Å². The van der Waals surface area contributed by atoms with Crippen molar-refractivity contribution in [2.24, 2.45) is 0 Å². The minimum absolute atomic E-state index is 0. The van der Waals surface area contributed by atoms with E-state index in [9.17, 15) is 9.18 Å². The zero-order valence-electron chi connectivity index (χ0n) is 15.4. The fourth-order valence-corrected chi connectivity index (χ4v) is 3.82. The van der Waals surface area contributed by atoms with Crippen LogP contribution in [0.15, 0.2) is 24.3 Å². The summed E-state index contributed by atoms with van der Waals surface area (Å²) in [5.41, 5.74) is 2.01. The second kappa shape index (κ2) is 7.94. The number of halogens is 2. The average Bonchev–Trinajstić information content (AvgIpc) is 3.36. The highest BCUT2D eigenvalue weighted by atomic mass is 35.5. The number of hydrogen-bond donors (Lipinski definition) is 2. The molecule has 2 aliphatic rings. The van der Waals surface area contributed by atoms with Gasteiger partial charge in [0.15, 0.2) is 5.69 Å². The molecule has 4 rings (SSSR count). The summed E-state index contributed by atoms with van der Waals surface area (Å²) in [6.07, 6.45) is 3.90. The highest BCUT2D eigenvalue weighted by molar-refractivity contribution is 5.93. The topological polar surface area (TPSA) is 71.8 Å². The van der Waals surface area contributed by atoms with Crippen LogP contribution in [0.5, 0.6) is 0 Å². The van der Waals surface area contributed by atoms with Crippen LogP contribution in [-0.4, -0.2) is 40.5 Å². The van der Waals surface area contributed by atoms with E-state index < -0.39 is 0 Å². The fraction of sp³-hybridized carbons (Fsp3) is 0.526. The lowest BCUT2D eigenvalue weighted by Crippen LogP contribution is -2.33. The number of piperidine rings is 1. The number of aromatic nitrogens is 3. The number of amides is 1. The van der Waals surface area contributed by atoms with Gasteiger partial charge in [-0.3, -0.25) is 4.79 Å². The van der Waals surface area contributed by atoms with E-state index in [-0.39, 0.29) is 29.5 Å². The van der Waals surface area contributed by atoms with Gasteiger partial charge in [-0.1, -0.05) is 17.3 Å². The Morgan fingerprint density at radius 3 is 2.78 bits per heavy atom. The Morgan fingerprint density at radius 2 is 2.11 bits per heavy atom. The van der Waals surface area contributed by atoms with Gasteiger partial charge in [-0.25, -0.2) is 9.07 Å². The summed E-state index contributed by atoms with van der Waals surface area (Å²) < 4.78 is 15.4. The number of hydrogen-bond acceptors (Lipinski definition) is 4. The number of carbonyl (C=O) groups excluding carboxylic acids is 1. The van der Waals surface area contributed by atoms with E-state index in [2.05, 4.69) is 20.9 Å². The van der Waals surface area contributed by atoms with Crippen molar-refractivity contribution in [2.45, 2.75) is 44.1 Å². The first kappa shape index (κ1) is 19.8. The summed E-state index contributed by atoms with van der Waals surface area (Å²) >= 11 is 0.